The number of likely N-dealkylation sites (tertiary alicyclic amines) is 1. The number of carbonyl (C=O) groups excluding carboxylic acids is 1. The highest BCUT2D eigenvalue weighted by Gasteiger charge is 2.30. The fraction of sp³-hybridized carbons (Fsp3) is 0.545. The van der Waals surface area contributed by atoms with Crippen molar-refractivity contribution in [2.45, 2.75) is 57.0 Å². The molecule has 1 aromatic carbocycles. The Hall–Kier alpha value is -2.50. The van der Waals surface area contributed by atoms with Crippen LogP contribution in [0.25, 0.3) is 0 Å². The van der Waals surface area contributed by atoms with Crippen molar-refractivity contribution in [1.82, 2.24) is 20.0 Å². The molecule has 1 aromatic heterocycles. The Balaban J connectivity index is 1.53. The molecule has 2 atom stereocenters. The molecule has 1 fully saturated rings. The maximum atomic E-state index is 13.3. The highest BCUT2D eigenvalue weighted by molar-refractivity contribution is 5.75. The molecular weight excluding hydrogens is 352 g/mol. The Kier molecular flexibility index (Phi) is 5.55. The number of aromatic nitrogens is 2. The van der Waals surface area contributed by atoms with Gasteiger partial charge in [0.1, 0.15) is 5.75 Å². The first kappa shape index (κ1) is 18.8. The molecule has 150 valence electrons. The van der Waals surface area contributed by atoms with E-state index in [1.807, 2.05) is 35.0 Å². The quantitative estimate of drug-likeness (QED) is 0.868. The Bertz CT molecular complexity index is 814. The van der Waals surface area contributed by atoms with E-state index in [2.05, 4.69) is 22.5 Å². The minimum absolute atomic E-state index is 0.0458. The Morgan fingerprint density at radius 3 is 2.75 bits per heavy atom. The van der Waals surface area contributed by atoms with E-state index in [0.717, 1.165) is 50.8 Å². The predicted molar refractivity (Wildman–Crippen MR) is 108 cm³/mol. The molecule has 2 aliphatic rings. The van der Waals surface area contributed by atoms with Gasteiger partial charge in [0.05, 0.1) is 25.4 Å². The van der Waals surface area contributed by atoms with Gasteiger partial charge in [-0.25, -0.2) is 4.79 Å². The summed E-state index contributed by atoms with van der Waals surface area (Å²) in [6.07, 6.45) is 9.40. The van der Waals surface area contributed by atoms with Crippen LogP contribution in [0.1, 0.15) is 67.4 Å². The molecule has 28 heavy (non-hydrogen) atoms. The van der Waals surface area contributed by atoms with Crippen LogP contribution in [-0.4, -0.2) is 34.4 Å². The number of nitrogens with zero attached hydrogens (tertiary/aromatic N) is 3. The Labute approximate surface area is 166 Å². The molecule has 1 N–H and O–H groups in total. The number of benzene rings is 1. The Morgan fingerprint density at radius 2 is 1.96 bits per heavy atom. The van der Waals surface area contributed by atoms with E-state index in [1.165, 1.54) is 23.2 Å². The number of aryl methyl sites for hydroxylation is 1. The normalized spacial score (nSPS) is 22.3. The minimum atomic E-state index is 0.0458. The molecule has 1 aliphatic carbocycles. The summed E-state index contributed by atoms with van der Waals surface area (Å²) in [4.78, 5) is 15.3. The minimum Gasteiger partial charge on any atom is -0.497 e. The second-order valence-electron chi connectivity index (χ2n) is 7.90. The first-order valence-electron chi connectivity index (χ1n) is 10.4. The van der Waals surface area contributed by atoms with Crippen molar-refractivity contribution >= 4 is 6.03 Å². The average Bonchev–Trinajstić information content (AvgIpc) is 2.95. The number of urea groups is 1. The molecule has 0 bridgehead atoms. The summed E-state index contributed by atoms with van der Waals surface area (Å²) in [5, 5.41) is 7.72. The fourth-order valence-corrected chi connectivity index (χ4v) is 4.61. The van der Waals surface area contributed by atoms with Crippen LogP contribution in [0, 0.1) is 0 Å². The molecule has 2 aromatic rings. The molecule has 4 rings (SSSR count). The lowest BCUT2D eigenvalue weighted by atomic mass is 9.93. The van der Waals surface area contributed by atoms with Crippen molar-refractivity contribution in [1.29, 1.82) is 0 Å². The summed E-state index contributed by atoms with van der Waals surface area (Å²) in [7, 11) is 3.66. The zero-order valence-electron chi connectivity index (χ0n) is 16.9. The van der Waals surface area contributed by atoms with Gasteiger partial charge in [-0.2, -0.15) is 5.10 Å². The summed E-state index contributed by atoms with van der Waals surface area (Å²) in [6.45, 7) is 0.801. The number of carbonyl (C=O) groups is 1. The van der Waals surface area contributed by atoms with Crippen molar-refractivity contribution < 1.29 is 9.53 Å². The lowest BCUT2D eigenvalue weighted by molar-refractivity contribution is 0.170. The summed E-state index contributed by atoms with van der Waals surface area (Å²) >= 11 is 0. The van der Waals surface area contributed by atoms with Crippen molar-refractivity contribution in [2.75, 3.05) is 13.7 Å². The molecule has 0 unspecified atom stereocenters. The van der Waals surface area contributed by atoms with E-state index in [1.54, 1.807) is 7.11 Å². The summed E-state index contributed by atoms with van der Waals surface area (Å²) in [6, 6.07) is 8.38. The third-order valence-electron chi connectivity index (χ3n) is 6.19. The average molecular weight is 383 g/mol. The van der Waals surface area contributed by atoms with E-state index in [0.29, 0.717) is 0 Å². The van der Waals surface area contributed by atoms with Gasteiger partial charge in [0, 0.05) is 24.8 Å². The third-order valence-corrected chi connectivity index (χ3v) is 6.19. The van der Waals surface area contributed by atoms with Crippen LogP contribution in [0.5, 0.6) is 5.75 Å². The lowest BCUT2D eigenvalue weighted by Crippen LogP contribution is -2.44. The van der Waals surface area contributed by atoms with Gasteiger partial charge in [0.2, 0.25) is 0 Å². The first-order chi connectivity index (χ1) is 13.7. The molecule has 0 saturated carbocycles. The number of ether oxygens (including phenoxy) is 1. The van der Waals surface area contributed by atoms with Crippen molar-refractivity contribution in [3.8, 4) is 5.75 Å². The molecule has 0 radical (unpaired) electrons. The highest BCUT2D eigenvalue weighted by atomic mass is 16.5. The summed E-state index contributed by atoms with van der Waals surface area (Å²) in [5.74, 6) is 0.847. The maximum absolute atomic E-state index is 13.3. The van der Waals surface area contributed by atoms with Crippen LogP contribution < -0.4 is 10.1 Å². The van der Waals surface area contributed by atoms with Crippen LogP contribution in [0.3, 0.4) is 0 Å². The second kappa shape index (κ2) is 8.25. The summed E-state index contributed by atoms with van der Waals surface area (Å²) in [5.41, 5.74) is 3.61. The molecule has 6 heteroatoms. The lowest BCUT2D eigenvalue weighted by Gasteiger charge is -2.33. The van der Waals surface area contributed by atoms with Gasteiger partial charge in [-0.05, 0) is 49.8 Å². The number of methoxy groups -OCH3 is 1. The molecule has 1 aliphatic heterocycles. The number of rotatable bonds is 3. The summed E-state index contributed by atoms with van der Waals surface area (Å²) < 4.78 is 7.23. The second-order valence-corrected chi connectivity index (χ2v) is 7.90. The first-order valence-corrected chi connectivity index (χ1v) is 10.4. The van der Waals surface area contributed by atoms with Gasteiger partial charge >= 0.3 is 6.03 Å². The van der Waals surface area contributed by atoms with Crippen molar-refractivity contribution in [3.05, 3.63) is 47.3 Å². The van der Waals surface area contributed by atoms with Gasteiger partial charge in [-0.15, -0.1) is 0 Å². The predicted octanol–water partition coefficient (Wildman–Crippen LogP) is 4.13. The van der Waals surface area contributed by atoms with Gasteiger partial charge < -0.3 is 15.0 Å². The number of fused-ring (bicyclic) bond motifs is 1. The molecule has 0 spiro atoms. The van der Waals surface area contributed by atoms with E-state index >= 15 is 0 Å². The number of hydrogen-bond acceptors (Lipinski definition) is 3. The number of amides is 2. The highest BCUT2D eigenvalue weighted by Crippen LogP contribution is 2.33. The molecular formula is C22H30N4O2. The molecule has 2 amide bonds. The SMILES string of the molecule is COc1ccc([C@@H]2CCCCCN2C(=O)N[C@@H]2CCCc3c2cnn3C)cc1. The van der Waals surface area contributed by atoms with Crippen LogP contribution >= 0.6 is 0 Å². The molecule has 1 saturated heterocycles. The monoisotopic (exact) mass is 382 g/mol. The van der Waals surface area contributed by atoms with Gasteiger partial charge in [-0.1, -0.05) is 25.0 Å². The van der Waals surface area contributed by atoms with E-state index in [4.69, 9.17) is 4.74 Å². The topological polar surface area (TPSA) is 59.4 Å². The van der Waals surface area contributed by atoms with E-state index in [9.17, 15) is 4.79 Å². The largest absolute Gasteiger partial charge is 0.497 e. The van der Waals surface area contributed by atoms with Crippen LogP contribution in [0.2, 0.25) is 0 Å². The van der Waals surface area contributed by atoms with Crippen LogP contribution in [-0.2, 0) is 13.5 Å². The van der Waals surface area contributed by atoms with Crippen molar-refractivity contribution in [3.63, 3.8) is 0 Å². The number of hydrogen-bond donors (Lipinski definition) is 1. The third kappa shape index (κ3) is 3.73. The fourth-order valence-electron chi connectivity index (χ4n) is 4.61. The van der Waals surface area contributed by atoms with E-state index < -0.39 is 0 Å². The van der Waals surface area contributed by atoms with Gasteiger partial charge in [-0.3, -0.25) is 4.68 Å². The Morgan fingerprint density at radius 1 is 1.14 bits per heavy atom. The van der Waals surface area contributed by atoms with Crippen LogP contribution in [0.15, 0.2) is 30.5 Å². The smallest absolute Gasteiger partial charge is 0.318 e. The van der Waals surface area contributed by atoms with Gasteiger partial charge in [0.25, 0.3) is 0 Å². The number of nitrogens with one attached hydrogen (secondary N) is 1. The maximum Gasteiger partial charge on any atom is 0.318 e. The zero-order valence-corrected chi connectivity index (χ0v) is 16.9. The van der Waals surface area contributed by atoms with E-state index in [-0.39, 0.29) is 18.1 Å². The zero-order chi connectivity index (χ0) is 19.5. The van der Waals surface area contributed by atoms with Crippen LogP contribution in [0.4, 0.5) is 4.79 Å². The molecule has 2 heterocycles. The molecule has 6 nitrogen and oxygen atoms in total. The van der Waals surface area contributed by atoms with Crippen molar-refractivity contribution in [2.24, 2.45) is 7.05 Å². The van der Waals surface area contributed by atoms with Gasteiger partial charge in [0.15, 0.2) is 0 Å². The standard InChI is InChI=1S/C22H30N4O2/c1-25-21-9-6-7-19(18(21)15-23-25)24-22(27)26-14-5-3-4-8-20(26)16-10-12-17(28-2)13-11-16/h10-13,15,19-20H,3-9,14H2,1-2H3,(H,24,27)/t19-,20+/m1/s1.